The molecule has 15 nitrogen and oxygen atoms in total. The maximum absolute atomic E-state index is 14.1. The van der Waals surface area contributed by atoms with Gasteiger partial charge in [-0.1, -0.05) is 108 Å². The van der Waals surface area contributed by atoms with Crippen LogP contribution >= 0.6 is 0 Å². The molecule has 0 unspecified atom stereocenters. The van der Waals surface area contributed by atoms with E-state index in [-0.39, 0.29) is 48.3 Å². The number of unbranched alkanes of at least 4 members (excludes halogenated alkanes) is 8. The quantitative estimate of drug-likeness (QED) is 0.00693. The predicted molar refractivity (Wildman–Crippen MR) is 413 cm³/mol. The number of esters is 6. The molecular formula is C92H102O15. The number of hydrogen-bond acceptors (Lipinski definition) is 15. The summed E-state index contributed by atoms with van der Waals surface area (Å²) in [5.74, 6) is 20.5. The van der Waals surface area contributed by atoms with Crippen LogP contribution in [0.15, 0.2) is 165 Å². The van der Waals surface area contributed by atoms with Crippen LogP contribution in [-0.2, 0) is 44.5 Å². The molecule has 0 radical (unpaired) electrons. The van der Waals surface area contributed by atoms with Gasteiger partial charge in [0.25, 0.3) is 0 Å². The fraction of sp³-hybridized carbons (Fsp3) is 0.424. The Morgan fingerprint density at radius 2 is 0.888 bits per heavy atom. The molecule has 9 rings (SSSR count). The van der Waals surface area contributed by atoms with E-state index in [1.807, 2.05) is 60.7 Å². The molecule has 0 N–H and O–H groups in total. The van der Waals surface area contributed by atoms with Gasteiger partial charge in [-0.05, 0) is 278 Å². The summed E-state index contributed by atoms with van der Waals surface area (Å²) < 4.78 is 45.7. The molecule has 3 saturated carbocycles. The second-order valence-electron chi connectivity index (χ2n) is 28.2. The maximum atomic E-state index is 14.1. The SMILES string of the molecule is C=CC(=O)OCCCCCCOc1ccc(C(=O)Oc2ccc(CC(=O)c3ccc(OCCCCCC)cc3)cc2C#Cc2ccc(C#Cc3ccc(C#CC4(OC(=O)c5ccc(OC(=O)C6CCC(C(=O)OCCCCCOC(=O)C=C)CC6)cc5)CCC(C5CCC(CCC)CC5)CC4)cc3)cc2)cc1. The molecule has 0 spiro atoms. The van der Waals surface area contributed by atoms with Crippen molar-refractivity contribution >= 4 is 41.6 Å². The molecule has 6 aromatic rings. The zero-order valence-electron chi connectivity index (χ0n) is 62.3. The highest BCUT2D eigenvalue weighted by molar-refractivity contribution is 5.98. The molecule has 0 atom stereocenters. The first-order valence-corrected chi connectivity index (χ1v) is 38.6. The van der Waals surface area contributed by atoms with Gasteiger partial charge in [0.15, 0.2) is 11.4 Å². The second-order valence-corrected chi connectivity index (χ2v) is 28.2. The van der Waals surface area contributed by atoms with E-state index in [0.717, 1.165) is 105 Å². The fourth-order valence-electron chi connectivity index (χ4n) is 13.9. The van der Waals surface area contributed by atoms with Crippen molar-refractivity contribution in [3.8, 4) is 58.5 Å². The molecule has 0 heterocycles. The van der Waals surface area contributed by atoms with E-state index in [4.69, 9.17) is 37.9 Å². The van der Waals surface area contributed by atoms with Crippen molar-refractivity contribution in [1.82, 2.24) is 0 Å². The van der Waals surface area contributed by atoms with E-state index in [0.29, 0.717) is 135 Å². The molecule has 3 aliphatic carbocycles. The van der Waals surface area contributed by atoms with Gasteiger partial charge in [0, 0.05) is 46.4 Å². The van der Waals surface area contributed by atoms with E-state index < -0.39 is 29.5 Å². The Bertz CT molecular complexity index is 4110. The first-order chi connectivity index (χ1) is 52.2. The molecule has 0 aromatic heterocycles. The van der Waals surface area contributed by atoms with E-state index in [1.54, 1.807) is 78.9 Å². The van der Waals surface area contributed by atoms with Crippen LogP contribution in [0.1, 0.15) is 239 Å². The highest BCUT2D eigenvalue weighted by atomic mass is 16.6. The number of ether oxygens (including phenoxy) is 8. The summed E-state index contributed by atoms with van der Waals surface area (Å²) in [6.45, 7) is 13.3. The summed E-state index contributed by atoms with van der Waals surface area (Å²) in [7, 11) is 0. The molecule has 0 saturated heterocycles. The summed E-state index contributed by atoms with van der Waals surface area (Å²) in [6.07, 6.45) is 25.0. The average Bonchev–Trinajstić information content (AvgIpc) is 0.805. The van der Waals surface area contributed by atoms with E-state index in [2.05, 4.69) is 62.5 Å². The Labute approximate surface area is 632 Å². The maximum Gasteiger partial charge on any atom is 0.343 e. The van der Waals surface area contributed by atoms with Crippen LogP contribution in [0.5, 0.6) is 23.0 Å². The first-order valence-electron chi connectivity index (χ1n) is 38.6. The van der Waals surface area contributed by atoms with Gasteiger partial charge in [0.2, 0.25) is 0 Å². The number of ketones is 1. The largest absolute Gasteiger partial charge is 0.494 e. The van der Waals surface area contributed by atoms with Crippen LogP contribution in [0, 0.1) is 65.1 Å². The minimum Gasteiger partial charge on any atom is -0.494 e. The van der Waals surface area contributed by atoms with Crippen molar-refractivity contribution in [3.63, 3.8) is 0 Å². The number of Topliss-reactive ketones (excluding diaryl/α,β-unsaturated/α-hetero) is 1. The summed E-state index contributed by atoms with van der Waals surface area (Å²) >= 11 is 0. The minimum absolute atomic E-state index is 0.0847. The van der Waals surface area contributed by atoms with Gasteiger partial charge in [0.1, 0.15) is 23.0 Å². The topological polar surface area (TPSA) is 193 Å². The highest BCUT2D eigenvalue weighted by Crippen LogP contribution is 2.45. The van der Waals surface area contributed by atoms with Crippen molar-refractivity contribution in [1.29, 1.82) is 0 Å². The van der Waals surface area contributed by atoms with Gasteiger partial charge in [-0.2, -0.15) is 0 Å². The highest BCUT2D eigenvalue weighted by Gasteiger charge is 2.41. The van der Waals surface area contributed by atoms with Crippen LogP contribution in [0.25, 0.3) is 0 Å². The van der Waals surface area contributed by atoms with Gasteiger partial charge in [-0.15, -0.1) is 0 Å². The number of carbonyl (C=O) groups excluding carboxylic acids is 7. The Hall–Kier alpha value is -10.4. The molecule has 3 aliphatic rings. The molecule has 15 heteroatoms. The lowest BCUT2D eigenvalue weighted by atomic mass is 9.67. The van der Waals surface area contributed by atoms with E-state index >= 15 is 0 Å². The van der Waals surface area contributed by atoms with Gasteiger partial charge in [-0.3, -0.25) is 14.4 Å². The van der Waals surface area contributed by atoms with E-state index in [9.17, 15) is 33.6 Å². The average molecular weight is 1450 g/mol. The molecule has 0 amide bonds. The van der Waals surface area contributed by atoms with Crippen LogP contribution in [0.4, 0.5) is 0 Å². The molecule has 0 bridgehead atoms. The first kappa shape index (κ1) is 80.7. The number of hydrogen-bond donors (Lipinski definition) is 0. The van der Waals surface area contributed by atoms with Crippen molar-refractivity contribution in [3.05, 3.63) is 215 Å². The van der Waals surface area contributed by atoms with Crippen LogP contribution in [0.3, 0.4) is 0 Å². The zero-order chi connectivity index (χ0) is 75.4. The van der Waals surface area contributed by atoms with Crippen LogP contribution in [0.2, 0.25) is 0 Å². The van der Waals surface area contributed by atoms with Gasteiger partial charge >= 0.3 is 35.8 Å². The number of rotatable bonds is 35. The Balaban J connectivity index is 0.815. The molecule has 3 fully saturated rings. The van der Waals surface area contributed by atoms with Crippen molar-refractivity contribution in [2.24, 2.45) is 29.6 Å². The Kier molecular flexibility index (Phi) is 32.6. The summed E-state index contributed by atoms with van der Waals surface area (Å²) in [4.78, 5) is 90.1. The third-order valence-electron chi connectivity index (χ3n) is 20.3. The standard InChI is InChI=1S/C92H102O15/c1-5-9-10-14-60-100-81-47-41-75(42-48-81)84(93)66-72-33-53-85(106-90(98)78-43-49-82(50-44-78)101-61-15-11-12-16-62-102-86(94)7-3)80(65-72)36-32-70-24-22-68(23-25-70)20-21-69-26-28-71(29-27-69)54-57-92(58-55-74(56-59-92)73-34-30-67(19-6-2)31-35-73)107-91(99)79-45-51-83(52-46-79)105-89(97)77-39-37-76(38-40-77)88(96)104-64-18-13-17-63-103-87(95)8-4/h7-8,22-29,33,41-53,65,67,73-74,76-77H,3-6,9-19,30-31,34-35,37-40,55-56,58-64,66H2,1-2H3. The summed E-state index contributed by atoms with van der Waals surface area (Å²) in [5.41, 5.74) is 4.34. The monoisotopic (exact) mass is 1450 g/mol. The van der Waals surface area contributed by atoms with E-state index in [1.165, 1.54) is 44.9 Å². The van der Waals surface area contributed by atoms with Crippen molar-refractivity contribution in [2.45, 2.75) is 186 Å². The number of carbonyl (C=O) groups is 7. The minimum atomic E-state index is -1.00. The Morgan fingerprint density at radius 1 is 0.430 bits per heavy atom. The Morgan fingerprint density at radius 3 is 1.42 bits per heavy atom. The third-order valence-corrected chi connectivity index (χ3v) is 20.3. The lowest BCUT2D eigenvalue weighted by Crippen LogP contribution is -2.39. The molecule has 0 aliphatic heterocycles. The second kappa shape index (κ2) is 43.3. The molecular weight excluding hydrogens is 1340 g/mol. The summed E-state index contributed by atoms with van der Waals surface area (Å²) in [5, 5.41) is 0. The third kappa shape index (κ3) is 26.8. The van der Waals surface area contributed by atoms with Crippen molar-refractivity contribution < 1.29 is 71.5 Å². The lowest BCUT2D eigenvalue weighted by molar-refractivity contribution is -0.152. The smallest absolute Gasteiger partial charge is 0.343 e. The van der Waals surface area contributed by atoms with Crippen LogP contribution in [-0.4, -0.2) is 80.2 Å². The van der Waals surface area contributed by atoms with Crippen LogP contribution < -0.4 is 18.9 Å². The predicted octanol–water partition coefficient (Wildman–Crippen LogP) is 18.7. The molecule has 6 aromatic carbocycles. The lowest BCUT2D eigenvalue weighted by Gasteiger charge is -2.41. The van der Waals surface area contributed by atoms with Gasteiger partial charge in [0.05, 0.1) is 61.6 Å². The van der Waals surface area contributed by atoms with Crippen molar-refractivity contribution in [2.75, 3.05) is 33.0 Å². The number of benzene rings is 6. The van der Waals surface area contributed by atoms with Gasteiger partial charge < -0.3 is 37.9 Å². The molecule has 560 valence electrons. The zero-order valence-corrected chi connectivity index (χ0v) is 62.3. The molecule has 107 heavy (non-hydrogen) atoms. The fourth-order valence-corrected chi connectivity index (χ4v) is 13.9. The summed E-state index contributed by atoms with van der Waals surface area (Å²) in [6, 6.07) is 40.9. The normalized spacial score (nSPS) is 17.9. The van der Waals surface area contributed by atoms with Gasteiger partial charge in [-0.25, -0.2) is 19.2 Å².